The summed E-state index contributed by atoms with van der Waals surface area (Å²) in [6.45, 7) is 4.27. The number of aryl methyl sites for hydroxylation is 2. The SMILES string of the molecule is Cc1ccc(-n2c(SCC3CSc4nnc(-c5cccnc5)n43)nnc2-c2ccccc2)cc1C. The van der Waals surface area contributed by atoms with E-state index in [4.69, 9.17) is 0 Å². The lowest BCUT2D eigenvalue weighted by Crippen LogP contribution is -2.12. The Labute approximate surface area is 212 Å². The highest BCUT2D eigenvalue weighted by atomic mass is 32.2. The van der Waals surface area contributed by atoms with E-state index in [0.717, 1.165) is 50.3 Å². The summed E-state index contributed by atoms with van der Waals surface area (Å²) in [4.78, 5) is 4.26. The van der Waals surface area contributed by atoms with Crippen molar-refractivity contribution in [2.45, 2.75) is 30.2 Å². The Hall–Kier alpha value is -3.43. The Morgan fingerprint density at radius 1 is 0.886 bits per heavy atom. The standard InChI is InChI=1S/C26H23N7S2/c1-17-10-11-21(13-18(17)2)32-23(19-7-4-3-5-8-19)28-30-25(32)34-15-22-16-35-26-31-29-24(33(22)26)20-9-6-12-27-14-20/h3-14,22H,15-16H2,1-2H3. The average molecular weight is 498 g/mol. The van der Waals surface area contributed by atoms with Crippen molar-refractivity contribution in [2.75, 3.05) is 11.5 Å². The normalized spacial score (nSPS) is 14.9. The molecule has 1 unspecified atom stereocenters. The molecule has 3 aromatic heterocycles. The molecule has 0 saturated carbocycles. The molecule has 0 fully saturated rings. The van der Waals surface area contributed by atoms with E-state index >= 15 is 0 Å². The third kappa shape index (κ3) is 4.15. The van der Waals surface area contributed by atoms with Gasteiger partial charge in [-0.25, -0.2) is 0 Å². The van der Waals surface area contributed by atoms with Crippen LogP contribution in [-0.4, -0.2) is 46.0 Å². The van der Waals surface area contributed by atoms with Crippen LogP contribution in [0.2, 0.25) is 0 Å². The van der Waals surface area contributed by atoms with Crippen LogP contribution < -0.4 is 0 Å². The summed E-state index contributed by atoms with van der Waals surface area (Å²) in [6.07, 6.45) is 3.61. The molecule has 0 spiro atoms. The van der Waals surface area contributed by atoms with Gasteiger partial charge in [0.2, 0.25) is 0 Å². The van der Waals surface area contributed by atoms with Gasteiger partial charge in [0, 0.05) is 35.0 Å². The number of nitrogens with zero attached hydrogens (tertiary/aromatic N) is 7. The van der Waals surface area contributed by atoms with E-state index < -0.39 is 0 Å². The number of benzene rings is 2. The maximum absolute atomic E-state index is 4.62. The highest BCUT2D eigenvalue weighted by Crippen LogP contribution is 2.39. The highest BCUT2D eigenvalue weighted by molar-refractivity contribution is 8.00. The predicted octanol–water partition coefficient (Wildman–Crippen LogP) is 5.64. The second kappa shape index (κ2) is 9.31. The third-order valence-electron chi connectivity index (χ3n) is 6.17. The van der Waals surface area contributed by atoms with Gasteiger partial charge in [-0.2, -0.15) is 0 Å². The molecule has 5 aromatic rings. The van der Waals surface area contributed by atoms with Gasteiger partial charge in [-0.15, -0.1) is 20.4 Å². The van der Waals surface area contributed by atoms with Gasteiger partial charge < -0.3 is 0 Å². The number of fused-ring (bicyclic) bond motifs is 1. The lowest BCUT2D eigenvalue weighted by molar-refractivity contribution is 0.596. The zero-order chi connectivity index (χ0) is 23.8. The summed E-state index contributed by atoms with van der Waals surface area (Å²) in [5, 5.41) is 19.9. The van der Waals surface area contributed by atoms with Gasteiger partial charge in [-0.05, 0) is 49.2 Å². The minimum atomic E-state index is 0.246. The number of aromatic nitrogens is 7. The first kappa shape index (κ1) is 22.1. The minimum Gasteiger partial charge on any atom is -0.297 e. The van der Waals surface area contributed by atoms with E-state index in [0.29, 0.717) is 0 Å². The number of hydrogen-bond acceptors (Lipinski definition) is 7. The van der Waals surface area contributed by atoms with Gasteiger partial charge in [-0.3, -0.25) is 14.1 Å². The van der Waals surface area contributed by atoms with Gasteiger partial charge in [0.15, 0.2) is 22.0 Å². The molecule has 1 atom stereocenters. The van der Waals surface area contributed by atoms with Crippen LogP contribution in [0.4, 0.5) is 0 Å². The van der Waals surface area contributed by atoms with Crippen LogP contribution in [0.3, 0.4) is 0 Å². The second-order valence-electron chi connectivity index (χ2n) is 8.47. The molecule has 1 aliphatic heterocycles. The van der Waals surface area contributed by atoms with E-state index in [1.165, 1.54) is 11.1 Å². The van der Waals surface area contributed by atoms with E-state index in [2.05, 4.69) is 78.7 Å². The quantitative estimate of drug-likeness (QED) is 0.281. The Bertz CT molecular complexity index is 1480. The van der Waals surface area contributed by atoms with Crippen molar-refractivity contribution >= 4 is 23.5 Å². The molecule has 1 aliphatic rings. The smallest absolute Gasteiger partial charge is 0.196 e. The molecule has 0 amide bonds. The summed E-state index contributed by atoms with van der Waals surface area (Å²) in [6, 6.07) is 21.0. The fourth-order valence-electron chi connectivity index (χ4n) is 4.17. The number of hydrogen-bond donors (Lipinski definition) is 0. The third-order valence-corrected chi connectivity index (χ3v) is 8.33. The Balaban J connectivity index is 1.34. The van der Waals surface area contributed by atoms with Gasteiger partial charge in [0.25, 0.3) is 0 Å². The monoisotopic (exact) mass is 497 g/mol. The summed E-state index contributed by atoms with van der Waals surface area (Å²) >= 11 is 3.47. The van der Waals surface area contributed by atoms with Gasteiger partial charge >= 0.3 is 0 Å². The fraction of sp³-hybridized carbons (Fsp3) is 0.192. The molecule has 7 nitrogen and oxygen atoms in total. The number of thioether (sulfide) groups is 2. The van der Waals surface area contributed by atoms with Crippen molar-refractivity contribution in [3.8, 4) is 28.5 Å². The van der Waals surface area contributed by atoms with Crippen LogP contribution in [0.1, 0.15) is 17.2 Å². The Morgan fingerprint density at radius 2 is 1.71 bits per heavy atom. The first-order chi connectivity index (χ1) is 17.2. The molecule has 9 heteroatoms. The zero-order valence-corrected chi connectivity index (χ0v) is 21.0. The number of pyridine rings is 1. The highest BCUT2D eigenvalue weighted by Gasteiger charge is 2.29. The lowest BCUT2D eigenvalue weighted by atomic mass is 10.1. The Kier molecular flexibility index (Phi) is 5.87. The van der Waals surface area contributed by atoms with Crippen molar-refractivity contribution in [2.24, 2.45) is 0 Å². The molecule has 0 bridgehead atoms. The van der Waals surface area contributed by atoms with Crippen LogP contribution in [0, 0.1) is 13.8 Å². The van der Waals surface area contributed by atoms with E-state index in [1.807, 2.05) is 36.5 Å². The van der Waals surface area contributed by atoms with Gasteiger partial charge in [0.1, 0.15) is 0 Å². The summed E-state index contributed by atoms with van der Waals surface area (Å²) in [7, 11) is 0. The van der Waals surface area contributed by atoms with E-state index in [1.54, 1.807) is 29.7 Å². The molecule has 4 heterocycles. The summed E-state index contributed by atoms with van der Waals surface area (Å²) in [5.41, 5.74) is 5.60. The van der Waals surface area contributed by atoms with Crippen LogP contribution >= 0.6 is 23.5 Å². The largest absolute Gasteiger partial charge is 0.297 e. The minimum absolute atomic E-state index is 0.246. The van der Waals surface area contributed by atoms with Crippen LogP contribution in [0.5, 0.6) is 0 Å². The molecule has 174 valence electrons. The molecular weight excluding hydrogens is 474 g/mol. The van der Waals surface area contributed by atoms with E-state index in [9.17, 15) is 0 Å². The predicted molar refractivity (Wildman–Crippen MR) is 140 cm³/mol. The maximum atomic E-state index is 4.62. The summed E-state index contributed by atoms with van der Waals surface area (Å²) in [5.74, 6) is 3.50. The molecular formula is C26H23N7S2. The van der Waals surface area contributed by atoms with Crippen molar-refractivity contribution in [1.82, 2.24) is 34.5 Å². The van der Waals surface area contributed by atoms with Crippen molar-refractivity contribution in [3.63, 3.8) is 0 Å². The zero-order valence-electron chi connectivity index (χ0n) is 19.4. The maximum Gasteiger partial charge on any atom is 0.196 e. The van der Waals surface area contributed by atoms with Gasteiger partial charge in [-0.1, -0.05) is 59.9 Å². The molecule has 0 saturated heterocycles. The lowest BCUT2D eigenvalue weighted by Gasteiger charge is -2.15. The Morgan fingerprint density at radius 3 is 2.51 bits per heavy atom. The van der Waals surface area contributed by atoms with Crippen LogP contribution in [0.15, 0.2) is 83.4 Å². The van der Waals surface area contributed by atoms with Crippen molar-refractivity contribution in [3.05, 3.63) is 84.2 Å². The molecule has 0 aliphatic carbocycles. The molecule has 35 heavy (non-hydrogen) atoms. The molecule has 6 rings (SSSR count). The average Bonchev–Trinajstić information content (AvgIpc) is 3.61. The second-order valence-corrected chi connectivity index (χ2v) is 10.4. The summed E-state index contributed by atoms with van der Waals surface area (Å²) < 4.78 is 4.41. The number of rotatable bonds is 6. The van der Waals surface area contributed by atoms with Crippen LogP contribution in [-0.2, 0) is 0 Å². The first-order valence-corrected chi connectivity index (χ1v) is 13.4. The first-order valence-electron chi connectivity index (χ1n) is 11.4. The molecule has 0 radical (unpaired) electrons. The molecule has 2 aromatic carbocycles. The molecule has 0 N–H and O–H groups in total. The topological polar surface area (TPSA) is 74.3 Å². The van der Waals surface area contributed by atoms with E-state index in [-0.39, 0.29) is 6.04 Å². The van der Waals surface area contributed by atoms with Crippen molar-refractivity contribution in [1.29, 1.82) is 0 Å². The van der Waals surface area contributed by atoms with Crippen LogP contribution in [0.25, 0.3) is 28.5 Å². The van der Waals surface area contributed by atoms with Crippen molar-refractivity contribution < 1.29 is 0 Å². The van der Waals surface area contributed by atoms with Gasteiger partial charge in [0.05, 0.1) is 11.7 Å². The fourth-order valence-corrected chi connectivity index (χ4v) is 6.43.